The highest BCUT2D eigenvalue weighted by atomic mass is 127. The summed E-state index contributed by atoms with van der Waals surface area (Å²) >= 11 is 0. The van der Waals surface area contributed by atoms with Gasteiger partial charge in [0.05, 0.1) is 19.2 Å². The molecule has 25 heavy (non-hydrogen) atoms. The van der Waals surface area contributed by atoms with Crippen LogP contribution in [-0.4, -0.2) is 51.7 Å². The average Bonchev–Trinajstić information content (AvgIpc) is 3.27. The van der Waals surface area contributed by atoms with E-state index in [2.05, 4.69) is 15.6 Å². The number of hydrogen-bond acceptors (Lipinski definition) is 5. The summed E-state index contributed by atoms with van der Waals surface area (Å²) in [6.45, 7) is 5.88. The fourth-order valence-electron chi connectivity index (χ4n) is 2.63. The Bertz CT molecular complexity index is 565. The van der Waals surface area contributed by atoms with Gasteiger partial charge in [0.25, 0.3) is 0 Å². The van der Waals surface area contributed by atoms with Crippen LogP contribution < -0.4 is 24.8 Å². The zero-order valence-corrected chi connectivity index (χ0v) is 16.8. The molecule has 1 saturated heterocycles. The highest BCUT2D eigenvalue weighted by Crippen LogP contribution is 2.34. The Morgan fingerprint density at radius 2 is 2.16 bits per heavy atom. The number of fused-ring (bicyclic) bond motifs is 1. The van der Waals surface area contributed by atoms with E-state index < -0.39 is 0 Å². The Morgan fingerprint density at radius 1 is 1.28 bits per heavy atom. The van der Waals surface area contributed by atoms with Gasteiger partial charge in [-0.15, -0.1) is 24.0 Å². The molecule has 2 aliphatic heterocycles. The maximum Gasteiger partial charge on any atom is 0.231 e. The predicted molar refractivity (Wildman–Crippen MR) is 106 cm³/mol. The number of aliphatic imine (C=N–C) groups is 1. The van der Waals surface area contributed by atoms with Gasteiger partial charge in [0.2, 0.25) is 6.79 Å². The van der Waals surface area contributed by atoms with Gasteiger partial charge >= 0.3 is 0 Å². The zero-order valence-electron chi connectivity index (χ0n) is 14.5. The van der Waals surface area contributed by atoms with E-state index in [-0.39, 0.29) is 36.9 Å². The Morgan fingerprint density at radius 3 is 2.96 bits per heavy atom. The minimum Gasteiger partial charge on any atom is -0.492 e. The summed E-state index contributed by atoms with van der Waals surface area (Å²) in [5, 5.41) is 6.50. The number of ether oxygens (including phenoxy) is 4. The van der Waals surface area contributed by atoms with Gasteiger partial charge in [0.1, 0.15) is 12.4 Å². The van der Waals surface area contributed by atoms with Gasteiger partial charge in [-0.2, -0.15) is 0 Å². The third-order valence-electron chi connectivity index (χ3n) is 3.83. The molecule has 0 aliphatic carbocycles. The molecule has 140 valence electrons. The van der Waals surface area contributed by atoms with Crippen LogP contribution in [0.5, 0.6) is 17.2 Å². The van der Waals surface area contributed by atoms with Crippen molar-refractivity contribution in [2.24, 2.45) is 4.99 Å². The van der Waals surface area contributed by atoms with E-state index in [1.54, 1.807) is 0 Å². The lowest BCUT2D eigenvalue weighted by Gasteiger charge is -2.13. The van der Waals surface area contributed by atoms with E-state index in [0.717, 1.165) is 49.2 Å². The number of rotatable bonds is 7. The van der Waals surface area contributed by atoms with Gasteiger partial charge in [0.15, 0.2) is 17.5 Å². The minimum absolute atomic E-state index is 0. The average molecular weight is 463 g/mol. The maximum absolute atomic E-state index is 5.73. The second-order valence-corrected chi connectivity index (χ2v) is 5.64. The van der Waals surface area contributed by atoms with Crippen molar-refractivity contribution >= 4 is 29.9 Å². The van der Waals surface area contributed by atoms with Gasteiger partial charge in [0, 0.05) is 19.2 Å². The summed E-state index contributed by atoms with van der Waals surface area (Å²) in [4.78, 5) is 4.56. The molecule has 1 aromatic rings. The van der Waals surface area contributed by atoms with E-state index in [0.29, 0.717) is 19.7 Å². The summed E-state index contributed by atoms with van der Waals surface area (Å²) in [6.07, 6.45) is 2.48. The third kappa shape index (κ3) is 6.10. The third-order valence-corrected chi connectivity index (χ3v) is 3.83. The summed E-state index contributed by atoms with van der Waals surface area (Å²) in [5.74, 6) is 3.05. The van der Waals surface area contributed by atoms with Crippen molar-refractivity contribution in [1.82, 2.24) is 10.6 Å². The van der Waals surface area contributed by atoms with Crippen LogP contribution in [0.15, 0.2) is 23.2 Å². The lowest BCUT2D eigenvalue weighted by atomic mass is 10.2. The van der Waals surface area contributed by atoms with Crippen LogP contribution in [0.3, 0.4) is 0 Å². The first kappa shape index (κ1) is 19.9. The first-order valence-corrected chi connectivity index (χ1v) is 8.51. The van der Waals surface area contributed by atoms with E-state index in [9.17, 15) is 0 Å². The fraction of sp³-hybridized carbons (Fsp3) is 0.588. The Hall–Kier alpha value is -1.42. The first-order chi connectivity index (χ1) is 11.8. The number of guanidine groups is 1. The second kappa shape index (κ2) is 10.5. The highest BCUT2D eigenvalue weighted by molar-refractivity contribution is 14.0. The van der Waals surface area contributed by atoms with Gasteiger partial charge in [-0.05, 0) is 31.9 Å². The highest BCUT2D eigenvalue weighted by Gasteiger charge is 2.15. The molecular formula is C17H26IN3O4. The van der Waals surface area contributed by atoms with Crippen molar-refractivity contribution in [3.8, 4) is 17.2 Å². The Labute approximate surface area is 165 Å². The maximum atomic E-state index is 5.73. The number of nitrogens with one attached hydrogen (secondary N) is 2. The van der Waals surface area contributed by atoms with Crippen molar-refractivity contribution < 1.29 is 18.9 Å². The normalized spacial score (nSPS) is 18.6. The molecule has 0 radical (unpaired) electrons. The molecule has 1 atom stereocenters. The predicted octanol–water partition coefficient (Wildman–Crippen LogP) is 2.15. The molecule has 2 heterocycles. The van der Waals surface area contributed by atoms with Crippen LogP contribution in [0.2, 0.25) is 0 Å². The van der Waals surface area contributed by atoms with E-state index in [1.165, 1.54) is 0 Å². The molecule has 1 unspecified atom stereocenters. The second-order valence-electron chi connectivity index (χ2n) is 5.64. The molecule has 8 heteroatoms. The van der Waals surface area contributed by atoms with E-state index >= 15 is 0 Å². The lowest BCUT2D eigenvalue weighted by Crippen LogP contribution is -2.39. The van der Waals surface area contributed by atoms with Gasteiger partial charge in [-0.1, -0.05) is 0 Å². The van der Waals surface area contributed by atoms with Gasteiger partial charge in [-0.25, -0.2) is 0 Å². The standard InChI is InChI=1S/C17H25N3O4.HI/c1-2-18-17(20-11-14-4-3-8-21-14)19-7-9-22-13-5-6-15-16(10-13)24-12-23-15;/h5-6,10,14H,2-4,7-9,11-12H2,1H3,(H2,18,19,20);1H. The molecule has 2 N–H and O–H groups in total. The van der Waals surface area contributed by atoms with Crippen LogP contribution in [0.1, 0.15) is 19.8 Å². The van der Waals surface area contributed by atoms with Crippen LogP contribution >= 0.6 is 24.0 Å². The number of benzene rings is 1. The van der Waals surface area contributed by atoms with Crippen molar-refractivity contribution in [2.45, 2.75) is 25.9 Å². The Balaban J connectivity index is 0.00000225. The van der Waals surface area contributed by atoms with Gasteiger partial charge < -0.3 is 29.6 Å². The molecule has 1 fully saturated rings. The molecule has 2 aliphatic rings. The summed E-state index contributed by atoms with van der Waals surface area (Å²) in [5.41, 5.74) is 0. The van der Waals surface area contributed by atoms with Crippen molar-refractivity contribution in [2.75, 3.05) is 39.6 Å². The molecule has 0 aromatic heterocycles. The number of halogens is 1. The van der Waals surface area contributed by atoms with E-state index in [4.69, 9.17) is 18.9 Å². The molecule has 0 amide bonds. The van der Waals surface area contributed by atoms with Crippen LogP contribution in [0.25, 0.3) is 0 Å². The molecule has 7 nitrogen and oxygen atoms in total. The first-order valence-electron chi connectivity index (χ1n) is 8.51. The molecule has 0 bridgehead atoms. The quantitative estimate of drug-likeness (QED) is 0.280. The molecule has 0 saturated carbocycles. The number of hydrogen-bond donors (Lipinski definition) is 2. The minimum atomic E-state index is 0. The largest absolute Gasteiger partial charge is 0.492 e. The SMILES string of the molecule is CCNC(=NCC1CCCO1)NCCOc1ccc2c(c1)OCO2.I. The van der Waals surface area contributed by atoms with Crippen molar-refractivity contribution in [3.05, 3.63) is 18.2 Å². The Kier molecular flexibility index (Phi) is 8.39. The summed E-state index contributed by atoms with van der Waals surface area (Å²) in [7, 11) is 0. The topological polar surface area (TPSA) is 73.3 Å². The van der Waals surface area contributed by atoms with Crippen molar-refractivity contribution in [1.29, 1.82) is 0 Å². The van der Waals surface area contributed by atoms with Crippen LogP contribution in [0.4, 0.5) is 0 Å². The van der Waals surface area contributed by atoms with Crippen LogP contribution in [-0.2, 0) is 4.74 Å². The molecule has 1 aromatic carbocycles. The van der Waals surface area contributed by atoms with Crippen molar-refractivity contribution in [3.63, 3.8) is 0 Å². The number of nitrogens with zero attached hydrogens (tertiary/aromatic N) is 1. The monoisotopic (exact) mass is 463 g/mol. The molecule has 3 rings (SSSR count). The fourth-order valence-corrected chi connectivity index (χ4v) is 2.63. The summed E-state index contributed by atoms with van der Waals surface area (Å²) in [6, 6.07) is 5.58. The van der Waals surface area contributed by atoms with Crippen LogP contribution in [0, 0.1) is 0 Å². The molecular weight excluding hydrogens is 437 g/mol. The summed E-state index contributed by atoms with van der Waals surface area (Å²) < 4.78 is 21.9. The van der Waals surface area contributed by atoms with Gasteiger partial charge in [-0.3, -0.25) is 4.99 Å². The zero-order chi connectivity index (χ0) is 16.6. The smallest absolute Gasteiger partial charge is 0.231 e. The van der Waals surface area contributed by atoms with E-state index in [1.807, 2.05) is 25.1 Å². The lowest BCUT2D eigenvalue weighted by molar-refractivity contribution is 0.117. The molecule has 0 spiro atoms.